The molecule has 0 unspecified atom stereocenters. The number of rotatable bonds is 7. The Hall–Kier alpha value is -3.70. The Kier molecular flexibility index (Phi) is 10.3. The number of hydrogen-bond acceptors (Lipinski definition) is 8. The highest BCUT2D eigenvalue weighted by atomic mass is 19.1. The van der Waals surface area contributed by atoms with Gasteiger partial charge in [-0.05, 0) is 50.1 Å². The molecule has 2 aromatic heterocycles. The molecule has 214 valence electrons. The van der Waals surface area contributed by atoms with Gasteiger partial charge in [0.05, 0.1) is 18.6 Å². The number of amides is 1. The Morgan fingerprint density at radius 2 is 1.95 bits per heavy atom. The van der Waals surface area contributed by atoms with Crippen molar-refractivity contribution in [1.29, 1.82) is 0 Å². The van der Waals surface area contributed by atoms with Crippen molar-refractivity contribution in [2.24, 2.45) is 11.7 Å². The van der Waals surface area contributed by atoms with Crippen LogP contribution in [0.1, 0.15) is 48.3 Å². The van der Waals surface area contributed by atoms with Gasteiger partial charge in [0.25, 0.3) is 5.91 Å². The second-order valence-electron chi connectivity index (χ2n) is 9.99. The Morgan fingerprint density at radius 3 is 2.62 bits per heavy atom. The van der Waals surface area contributed by atoms with Gasteiger partial charge in [0.15, 0.2) is 11.5 Å². The first kappa shape index (κ1) is 29.3. The summed E-state index contributed by atoms with van der Waals surface area (Å²) in [6.07, 6.45) is 7.94. The van der Waals surface area contributed by atoms with Gasteiger partial charge in [-0.2, -0.15) is 0 Å². The third-order valence-electron chi connectivity index (χ3n) is 7.37. The van der Waals surface area contributed by atoms with Crippen molar-refractivity contribution in [1.82, 2.24) is 20.4 Å². The van der Waals surface area contributed by atoms with Crippen LogP contribution in [0.25, 0.3) is 11.3 Å². The second kappa shape index (κ2) is 14.1. The number of carbonyl (C=O) groups excluding carboxylic acids is 2. The van der Waals surface area contributed by atoms with E-state index >= 15 is 0 Å². The molecule has 1 amide bonds. The summed E-state index contributed by atoms with van der Waals surface area (Å²) in [5.41, 5.74) is 6.35. The molecule has 1 aliphatic carbocycles. The largest absolute Gasteiger partial charge is 0.469 e. The molecule has 40 heavy (non-hydrogen) atoms. The lowest BCUT2D eigenvalue weighted by Gasteiger charge is -2.40. The van der Waals surface area contributed by atoms with Crippen LogP contribution < -0.4 is 11.1 Å². The van der Waals surface area contributed by atoms with E-state index in [-0.39, 0.29) is 23.0 Å². The van der Waals surface area contributed by atoms with E-state index in [2.05, 4.69) is 20.4 Å². The van der Waals surface area contributed by atoms with Crippen molar-refractivity contribution in [2.45, 2.75) is 50.6 Å². The zero-order valence-electron chi connectivity index (χ0n) is 22.5. The SMILES string of the molecule is COC(=O)[C@@H]1CN(C2CCCC2)CC[C@H]1NC(=O)c1cc(-c2ccc(F)cc2F)on1.NCCc1ccccn1. The minimum absolute atomic E-state index is 0.00487. The number of nitrogens with zero attached hydrogens (tertiary/aromatic N) is 3. The number of carbonyl (C=O) groups is 2. The number of aromatic nitrogens is 2. The summed E-state index contributed by atoms with van der Waals surface area (Å²) in [6.45, 7) is 2.00. The van der Waals surface area contributed by atoms with Crippen LogP contribution in [0.15, 0.2) is 53.2 Å². The number of pyridine rings is 1. The van der Waals surface area contributed by atoms with Gasteiger partial charge in [-0.1, -0.05) is 24.1 Å². The lowest BCUT2D eigenvalue weighted by atomic mass is 9.90. The first-order valence-electron chi connectivity index (χ1n) is 13.5. The molecular weight excluding hydrogens is 520 g/mol. The van der Waals surface area contributed by atoms with E-state index in [1.165, 1.54) is 32.1 Å². The summed E-state index contributed by atoms with van der Waals surface area (Å²) in [5, 5.41) is 6.57. The smallest absolute Gasteiger partial charge is 0.312 e. The normalized spacial score (nSPS) is 19.5. The Bertz CT molecular complexity index is 1270. The van der Waals surface area contributed by atoms with E-state index in [0.29, 0.717) is 25.6 Å². The van der Waals surface area contributed by atoms with E-state index in [1.807, 2.05) is 18.2 Å². The highest BCUT2D eigenvalue weighted by Gasteiger charge is 2.39. The molecule has 0 spiro atoms. The van der Waals surface area contributed by atoms with Crippen LogP contribution in [0.4, 0.5) is 8.78 Å². The number of piperidine rings is 1. The Labute approximate surface area is 232 Å². The molecule has 3 aromatic rings. The van der Waals surface area contributed by atoms with E-state index in [9.17, 15) is 18.4 Å². The van der Waals surface area contributed by atoms with Gasteiger partial charge in [-0.15, -0.1) is 0 Å². The van der Waals surface area contributed by atoms with Gasteiger partial charge in [0.1, 0.15) is 11.6 Å². The molecule has 2 aliphatic rings. The molecule has 5 rings (SSSR count). The molecule has 1 aliphatic heterocycles. The first-order valence-corrected chi connectivity index (χ1v) is 13.5. The minimum atomic E-state index is -0.812. The lowest BCUT2D eigenvalue weighted by Crippen LogP contribution is -2.55. The summed E-state index contributed by atoms with van der Waals surface area (Å²) < 4.78 is 37.2. The van der Waals surface area contributed by atoms with Gasteiger partial charge in [-0.25, -0.2) is 8.78 Å². The molecule has 1 saturated heterocycles. The maximum Gasteiger partial charge on any atom is 0.312 e. The summed E-state index contributed by atoms with van der Waals surface area (Å²) in [6, 6.07) is 10.3. The number of methoxy groups -OCH3 is 1. The van der Waals surface area contributed by atoms with Crippen molar-refractivity contribution in [3.05, 3.63) is 71.7 Å². The van der Waals surface area contributed by atoms with Crippen molar-refractivity contribution >= 4 is 11.9 Å². The average molecular weight is 556 g/mol. The van der Waals surface area contributed by atoms with E-state index < -0.39 is 29.5 Å². The van der Waals surface area contributed by atoms with Crippen molar-refractivity contribution in [3.8, 4) is 11.3 Å². The molecule has 0 bridgehead atoms. The summed E-state index contributed by atoms with van der Waals surface area (Å²) in [5.74, 6) is -2.87. The van der Waals surface area contributed by atoms with Gasteiger partial charge >= 0.3 is 5.97 Å². The fourth-order valence-corrected chi connectivity index (χ4v) is 5.28. The number of nitrogens with two attached hydrogens (primary N) is 1. The number of ether oxygens (including phenoxy) is 1. The number of hydrogen-bond donors (Lipinski definition) is 2. The molecule has 3 N–H and O–H groups in total. The summed E-state index contributed by atoms with van der Waals surface area (Å²) in [4.78, 5) is 31.6. The number of halogens is 2. The molecule has 11 heteroatoms. The van der Waals surface area contributed by atoms with Crippen LogP contribution in [0, 0.1) is 17.6 Å². The van der Waals surface area contributed by atoms with Crippen molar-refractivity contribution < 1.29 is 27.6 Å². The Morgan fingerprint density at radius 1 is 1.15 bits per heavy atom. The van der Waals surface area contributed by atoms with Crippen LogP contribution in [0.3, 0.4) is 0 Å². The molecule has 3 heterocycles. The van der Waals surface area contributed by atoms with Crippen LogP contribution in [0.2, 0.25) is 0 Å². The van der Waals surface area contributed by atoms with Crippen molar-refractivity contribution in [3.63, 3.8) is 0 Å². The fraction of sp³-hybridized carbons (Fsp3) is 0.448. The molecule has 9 nitrogen and oxygen atoms in total. The quantitative estimate of drug-likeness (QED) is 0.423. The monoisotopic (exact) mass is 555 g/mol. The number of benzene rings is 1. The zero-order valence-corrected chi connectivity index (χ0v) is 22.5. The van der Waals surface area contributed by atoms with Crippen molar-refractivity contribution in [2.75, 3.05) is 26.7 Å². The van der Waals surface area contributed by atoms with Gasteiger partial charge in [0.2, 0.25) is 0 Å². The second-order valence-corrected chi connectivity index (χ2v) is 9.99. The van der Waals surface area contributed by atoms with Gasteiger partial charge in [0, 0.05) is 55.6 Å². The van der Waals surface area contributed by atoms with E-state index in [1.54, 1.807) is 6.20 Å². The fourth-order valence-electron chi connectivity index (χ4n) is 5.28. The maximum atomic E-state index is 14.0. The number of nitrogens with one attached hydrogen (secondary N) is 1. The molecule has 1 aromatic carbocycles. The zero-order chi connectivity index (χ0) is 28.5. The standard InChI is InChI=1S/C22H25F2N3O4.C7H10N2/c1-30-22(29)16-12-27(14-4-2-3-5-14)9-8-18(16)25-21(28)19-11-20(31-26-19)15-7-6-13(23)10-17(15)24;8-5-4-7-3-1-2-6-9-7/h6-7,10-11,14,16,18H,2-5,8-9,12H2,1H3,(H,25,28);1-3,6H,4-5,8H2/t16-,18-;/m1./s1. The highest BCUT2D eigenvalue weighted by molar-refractivity contribution is 5.93. The number of esters is 1. The predicted molar refractivity (Wildman–Crippen MR) is 144 cm³/mol. The molecule has 2 atom stereocenters. The van der Waals surface area contributed by atoms with Crippen LogP contribution in [0.5, 0.6) is 0 Å². The van der Waals surface area contributed by atoms with Crippen LogP contribution >= 0.6 is 0 Å². The molecular formula is C29H35F2N5O4. The average Bonchev–Trinajstić information content (AvgIpc) is 3.67. The van der Waals surface area contributed by atoms with Gasteiger partial charge < -0.3 is 20.3 Å². The third-order valence-corrected chi connectivity index (χ3v) is 7.37. The maximum absolute atomic E-state index is 14.0. The van der Waals surface area contributed by atoms with E-state index in [4.69, 9.17) is 15.0 Å². The topological polar surface area (TPSA) is 124 Å². The molecule has 1 saturated carbocycles. The van der Waals surface area contributed by atoms with E-state index in [0.717, 1.165) is 43.6 Å². The minimum Gasteiger partial charge on any atom is -0.469 e. The first-order chi connectivity index (χ1) is 19.4. The lowest BCUT2D eigenvalue weighted by molar-refractivity contribution is -0.148. The summed E-state index contributed by atoms with van der Waals surface area (Å²) >= 11 is 0. The predicted octanol–water partition coefficient (Wildman–Crippen LogP) is 3.74. The third kappa shape index (κ3) is 7.48. The molecule has 0 radical (unpaired) electrons. The summed E-state index contributed by atoms with van der Waals surface area (Å²) in [7, 11) is 1.34. The van der Waals surface area contributed by atoms with Crippen LogP contribution in [-0.2, 0) is 16.0 Å². The molecule has 2 fully saturated rings. The van der Waals surface area contributed by atoms with Crippen LogP contribution in [-0.4, -0.2) is 65.7 Å². The number of likely N-dealkylation sites (tertiary alicyclic amines) is 1. The highest BCUT2D eigenvalue weighted by Crippen LogP contribution is 2.29. The Balaban J connectivity index is 0.000000350. The van der Waals surface area contributed by atoms with Gasteiger partial charge in [-0.3, -0.25) is 19.5 Å².